The van der Waals surface area contributed by atoms with Gasteiger partial charge in [-0.05, 0) is 43.3 Å². The number of aromatic nitrogens is 2. The molecule has 1 aromatic heterocycles. The average Bonchev–Trinajstić information content (AvgIpc) is 2.90. The van der Waals surface area contributed by atoms with Crippen LogP contribution in [0.25, 0.3) is 0 Å². The molecule has 0 saturated heterocycles. The zero-order valence-electron chi connectivity index (χ0n) is 13.1. The highest BCUT2D eigenvalue weighted by Gasteiger charge is 2.27. The Bertz CT molecular complexity index is 715. The molecule has 0 aliphatic rings. The zero-order valence-corrected chi connectivity index (χ0v) is 14.0. The van der Waals surface area contributed by atoms with Crippen LogP contribution in [0.15, 0.2) is 30.6 Å². The molecule has 1 heterocycles. The number of anilines is 2. The quantitative estimate of drug-likeness (QED) is 0.796. The molecule has 0 amide bonds. The lowest BCUT2D eigenvalue weighted by molar-refractivity contribution is -0.182. The Kier molecular flexibility index (Phi) is 5.79. The van der Waals surface area contributed by atoms with Gasteiger partial charge in [-0.1, -0.05) is 12.1 Å². The molecule has 0 bridgehead atoms. The normalized spacial score (nSPS) is 11.4. The summed E-state index contributed by atoms with van der Waals surface area (Å²) in [5.41, 5.74) is 3.65. The van der Waals surface area contributed by atoms with Crippen molar-refractivity contribution < 1.29 is 17.9 Å². The maximum Gasteiger partial charge on any atom is 0.411 e. The van der Waals surface area contributed by atoms with Crippen molar-refractivity contribution in [1.82, 2.24) is 9.78 Å². The van der Waals surface area contributed by atoms with Crippen LogP contribution in [0.2, 0.25) is 0 Å². The third-order valence-electron chi connectivity index (χ3n) is 3.23. The topological polar surface area (TPSA) is 51.1 Å². The minimum Gasteiger partial charge on any atom is -0.350 e. The molecule has 0 atom stereocenters. The molecular weight excluding hydrogens is 341 g/mol. The summed E-state index contributed by atoms with van der Waals surface area (Å²) in [6.07, 6.45) is -1.40. The highest BCUT2D eigenvalue weighted by atomic mass is 32.1. The molecule has 1 aromatic carbocycles. The summed E-state index contributed by atoms with van der Waals surface area (Å²) in [5, 5.41) is 10.3. The molecule has 0 saturated carbocycles. The van der Waals surface area contributed by atoms with Crippen molar-refractivity contribution in [2.24, 2.45) is 0 Å². The minimum absolute atomic E-state index is 0.293. The highest BCUT2D eigenvalue weighted by Crippen LogP contribution is 2.18. The van der Waals surface area contributed by atoms with E-state index in [4.69, 9.17) is 12.2 Å². The van der Waals surface area contributed by atoms with Gasteiger partial charge in [0.1, 0.15) is 13.3 Å². The van der Waals surface area contributed by atoms with E-state index in [2.05, 4.69) is 20.5 Å². The molecule has 24 heavy (non-hydrogen) atoms. The van der Waals surface area contributed by atoms with Gasteiger partial charge in [0, 0.05) is 5.69 Å². The highest BCUT2D eigenvalue weighted by molar-refractivity contribution is 7.80. The number of aryl methyl sites for hydroxylation is 1. The summed E-state index contributed by atoms with van der Waals surface area (Å²) < 4.78 is 41.8. The van der Waals surface area contributed by atoms with Crippen LogP contribution in [0.4, 0.5) is 24.5 Å². The molecule has 2 rings (SSSR count). The van der Waals surface area contributed by atoms with Gasteiger partial charge in [0.05, 0.1) is 18.1 Å². The Morgan fingerprint density at radius 3 is 2.75 bits per heavy atom. The third-order valence-corrected chi connectivity index (χ3v) is 3.44. The number of rotatable bonds is 5. The van der Waals surface area contributed by atoms with Crippen LogP contribution in [0.5, 0.6) is 0 Å². The lowest BCUT2D eigenvalue weighted by atomic mass is 10.1. The molecular formula is C15H17F3N4OS. The number of nitrogens with one attached hydrogen (secondary N) is 2. The molecule has 130 valence electrons. The van der Waals surface area contributed by atoms with Crippen molar-refractivity contribution in [1.29, 1.82) is 0 Å². The SMILES string of the molecule is Cc1cccc(NC(=S)Nc2cnn(COCC(F)(F)F)c2)c1C. The minimum atomic E-state index is -4.36. The predicted octanol–water partition coefficient (Wildman–Crippen LogP) is 3.85. The number of hydrogen-bond donors (Lipinski definition) is 2. The van der Waals surface area contributed by atoms with Gasteiger partial charge in [0.25, 0.3) is 0 Å². The van der Waals surface area contributed by atoms with Gasteiger partial charge in [-0.25, -0.2) is 4.68 Å². The molecule has 0 aliphatic carbocycles. The first-order chi connectivity index (χ1) is 11.2. The second-order valence-corrected chi connectivity index (χ2v) is 5.60. The summed E-state index contributed by atoms with van der Waals surface area (Å²) in [7, 11) is 0. The summed E-state index contributed by atoms with van der Waals surface area (Å²) in [6.45, 7) is 2.37. The number of thiocarbonyl (C=S) groups is 1. The lowest BCUT2D eigenvalue weighted by Gasteiger charge is -2.12. The Morgan fingerprint density at radius 1 is 1.29 bits per heavy atom. The van der Waals surface area contributed by atoms with Crippen molar-refractivity contribution in [2.75, 3.05) is 17.2 Å². The Labute approximate surface area is 142 Å². The molecule has 0 radical (unpaired) electrons. The van der Waals surface area contributed by atoms with Crippen molar-refractivity contribution in [3.63, 3.8) is 0 Å². The van der Waals surface area contributed by atoms with Gasteiger partial charge in [-0.15, -0.1) is 0 Å². The van der Waals surface area contributed by atoms with Crippen LogP contribution in [-0.2, 0) is 11.5 Å². The van der Waals surface area contributed by atoms with E-state index in [1.54, 1.807) is 0 Å². The largest absolute Gasteiger partial charge is 0.411 e. The van der Waals surface area contributed by atoms with E-state index in [1.165, 1.54) is 17.1 Å². The Balaban J connectivity index is 1.87. The van der Waals surface area contributed by atoms with Crippen molar-refractivity contribution in [3.8, 4) is 0 Å². The van der Waals surface area contributed by atoms with Gasteiger partial charge >= 0.3 is 6.18 Å². The molecule has 0 aliphatic heterocycles. The Morgan fingerprint density at radius 2 is 2.04 bits per heavy atom. The van der Waals surface area contributed by atoms with E-state index in [0.29, 0.717) is 10.8 Å². The van der Waals surface area contributed by atoms with Crippen molar-refractivity contribution >= 4 is 28.7 Å². The van der Waals surface area contributed by atoms with E-state index < -0.39 is 12.8 Å². The number of ether oxygens (including phenoxy) is 1. The van der Waals surface area contributed by atoms with E-state index >= 15 is 0 Å². The van der Waals surface area contributed by atoms with Gasteiger partial charge < -0.3 is 15.4 Å². The predicted molar refractivity (Wildman–Crippen MR) is 90.0 cm³/mol. The molecule has 2 aromatic rings. The number of benzene rings is 1. The van der Waals surface area contributed by atoms with Gasteiger partial charge in [0.2, 0.25) is 0 Å². The first-order valence-corrected chi connectivity index (χ1v) is 7.46. The van der Waals surface area contributed by atoms with Crippen LogP contribution in [0.3, 0.4) is 0 Å². The van der Waals surface area contributed by atoms with Crippen LogP contribution in [-0.4, -0.2) is 27.7 Å². The zero-order chi connectivity index (χ0) is 17.7. The van der Waals surface area contributed by atoms with E-state index in [1.807, 2.05) is 32.0 Å². The molecule has 9 heteroatoms. The fraction of sp³-hybridized carbons (Fsp3) is 0.333. The molecule has 0 spiro atoms. The third kappa shape index (κ3) is 5.50. The van der Waals surface area contributed by atoms with Gasteiger partial charge in [-0.2, -0.15) is 18.3 Å². The number of hydrogen-bond acceptors (Lipinski definition) is 3. The van der Waals surface area contributed by atoms with Gasteiger partial charge in [0.15, 0.2) is 5.11 Å². The molecule has 2 N–H and O–H groups in total. The maximum atomic E-state index is 12.0. The number of halogens is 3. The van der Waals surface area contributed by atoms with Crippen molar-refractivity contribution in [2.45, 2.75) is 26.8 Å². The van der Waals surface area contributed by atoms with E-state index in [-0.39, 0.29) is 6.73 Å². The van der Waals surface area contributed by atoms with Crippen LogP contribution >= 0.6 is 12.2 Å². The monoisotopic (exact) mass is 358 g/mol. The smallest absolute Gasteiger partial charge is 0.350 e. The van der Waals surface area contributed by atoms with E-state index in [0.717, 1.165) is 16.8 Å². The lowest BCUT2D eigenvalue weighted by Crippen LogP contribution is -2.19. The number of alkyl halides is 3. The second-order valence-electron chi connectivity index (χ2n) is 5.19. The first-order valence-electron chi connectivity index (χ1n) is 7.06. The van der Waals surface area contributed by atoms with Crippen LogP contribution < -0.4 is 10.6 Å². The summed E-state index contributed by atoms with van der Waals surface area (Å²) >= 11 is 5.23. The van der Waals surface area contributed by atoms with E-state index in [9.17, 15) is 13.2 Å². The maximum absolute atomic E-state index is 12.0. The van der Waals surface area contributed by atoms with Crippen LogP contribution in [0, 0.1) is 13.8 Å². The van der Waals surface area contributed by atoms with Crippen LogP contribution in [0.1, 0.15) is 11.1 Å². The van der Waals surface area contributed by atoms with Crippen molar-refractivity contribution in [3.05, 3.63) is 41.7 Å². The number of nitrogens with zero attached hydrogens (tertiary/aromatic N) is 2. The average molecular weight is 358 g/mol. The molecule has 5 nitrogen and oxygen atoms in total. The van der Waals surface area contributed by atoms with Gasteiger partial charge in [-0.3, -0.25) is 0 Å². The summed E-state index contributed by atoms with van der Waals surface area (Å²) in [4.78, 5) is 0. The second kappa shape index (κ2) is 7.63. The molecule has 0 unspecified atom stereocenters. The standard InChI is InChI=1S/C15H17F3N4OS/c1-10-4-3-5-13(11(10)2)21-14(24)20-12-6-19-22(7-12)9-23-8-15(16,17)18/h3-7H,8-9H2,1-2H3,(H2,20,21,24). The summed E-state index contributed by atoms with van der Waals surface area (Å²) in [5.74, 6) is 0. The Hall–Kier alpha value is -2.13. The fourth-order valence-electron chi connectivity index (χ4n) is 1.92. The molecule has 0 fully saturated rings. The first kappa shape index (κ1) is 18.2. The fourth-order valence-corrected chi connectivity index (χ4v) is 2.15. The summed E-state index contributed by atoms with van der Waals surface area (Å²) in [6, 6.07) is 5.83.